The van der Waals surface area contributed by atoms with E-state index in [-0.39, 0.29) is 15.9 Å². The Morgan fingerprint density at radius 3 is 2.21 bits per heavy atom. The number of hydrogen-bond acceptors (Lipinski definition) is 4. The van der Waals surface area contributed by atoms with Gasteiger partial charge in [-0.1, -0.05) is 24.4 Å². The Labute approximate surface area is 176 Å². The van der Waals surface area contributed by atoms with Crippen LogP contribution in [0.15, 0.2) is 47.4 Å². The Hall–Kier alpha value is -2.45. The number of ether oxygens (including phenoxy) is 1. The molecule has 0 bridgehead atoms. The van der Waals surface area contributed by atoms with Crippen molar-refractivity contribution >= 4 is 39.0 Å². The van der Waals surface area contributed by atoms with Crippen LogP contribution in [-0.2, 0) is 10.0 Å². The van der Waals surface area contributed by atoms with Crippen molar-refractivity contribution in [3.63, 3.8) is 0 Å². The van der Waals surface area contributed by atoms with Crippen LogP contribution in [0.1, 0.15) is 25.7 Å². The van der Waals surface area contributed by atoms with E-state index in [2.05, 4.69) is 10.0 Å². The van der Waals surface area contributed by atoms with E-state index in [1.165, 1.54) is 25.3 Å². The quantitative estimate of drug-likeness (QED) is 0.717. The van der Waals surface area contributed by atoms with Crippen molar-refractivity contribution in [3.8, 4) is 5.75 Å². The number of halogens is 1. The van der Waals surface area contributed by atoms with E-state index >= 15 is 0 Å². The highest BCUT2D eigenvalue weighted by atomic mass is 35.5. The number of nitrogens with one attached hydrogen (secondary N) is 2. The van der Waals surface area contributed by atoms with Gasteiger partial charge in [-0.25, -0.2) is 13.2 Å². The highest BCUT2D eigenvalue weighted by Gasteiger charge is 2.17. The van der Waals surface area contributed by atoms with Crippen LogP contribution in [0.4, 0.5) is 16.2 Å². The van der Waals surface area contributed by atoms with Gasteiger partial charge >= 0.3 is 6.03 Å². The Bertz CT molecular complexity index is 956. The molecule has 7 nitrogen and oxygen atoms in total. The van der Waals surface area contributed by atoms with Crippen LogP contribution in [0, 0.1) is 0 Å². The highest BCUT2D eigenvalue weighted by Crippen LogP contribution is 2.28. The maximum absolute atomic E-state index is 12.6. The summed E-state index contributed by atoms with van der Waals surface area (Å²) in [5.41, 5.74) is 0.986. The molecule has 9 heteroatoms. The van der Waals surface area contributed by atoms with Gasteiger partial charge in [0.25, 0.3) is 10.0 Å². The lowest BCUT2D eigenvalue weighted by molar-refractivity contribution is 0.214. The van der Waals surface area contributed by atoms with Crippen molar-refractivity contribution in [2.75, 3.05) is 30.2 Å². The molecule has 1 aliphatic heterocycles. The van der Waals surface area contributed by atoms with Crippen LogP contribution < -0.4 is 14.8 Å². The molecule has 0 atom stereocenters. The third kappa shape index (κ3) is 5.55. The number of anilines is 2. The van der Waals surface area contributed by atoms with Gasteiger partial charge < -0.3 is 15.0 Å². The van der Waals surface area contributed by atoms with E-state index in [1.807, 2.05) is 4.90 Å². The predicted molar refractivity (Wildman–Crippen MR) is 114 cm³/mol. The number of benzene rings is 2. The van der Waals surface area contributed by atoms with Crippen LogP contribution in [-0.4, -0.2) is 39.5 Å². The smallest absolute Gasteiger partial charge is 0.321 e. The summed E-state index contributed by atoms with van der Waals surface area (Å²) in [6.07, 6.45) is 4.34. The van der Waals surface area contributed by atoms with Crippen LogP contribution in [0.2, 0.25) is 5.02 Å². The summed E-state index contributed by atoms with van der Waals surface area (Å²) in [5.74, 6) is 0.398. The summed E-state index contributed by atoms with van der Waals surface area (Å²) < 4.78 is 32.7. The number of carbonyl (C=O) groups excluding carboxylic acids is 1. The molecule has 2 aromatic rings. The number of sulfonamides is 1. The molecule has 29 heavy (non-hydrogen) atoms. The summed E-state index contributed by atoms with van der Waals surface area (Å²) >= 11 is 6.02. The largest absolute Gasteiger partial charge is 0.495 e. The molecular formula is C20H24ClN3O4S. The molecule has 0 spiro atoms. The second kappa shape index (κ2) is 9.37. The average Bonchev–Trinajstić information content (AvgIpc) is 2.99. The second-order valence-corrected chi connectivity index (χ2v) is 8.90. The third-order valence-electron chi connectivity index (χ3n) is 4.72. The monoisotopic (exact) mass is 437 g/mol. The minimum Gasteiger partial charge on any atom is -0.495 e. The van der Waals surface area contributed by atoms with Gasteiger partial charge in [0, 0.05) is 24.5 Å². The zero-order valence-electron chi connectivity index (χ0n) is 16.2. The molecule has 0 aromatic heterocycles. The summed E-state index contributed by atoms with van der Waals surface area (Å²) in [7, 11) is -2.34. The van der Waals surface area contributed by atoms with Gasteiger partial charge in [0.15, 0.2) is 0 Å². The fourth-order valence-electron chi connectivity index (χ4n) is 3.13. The molecule has 0 saturated carbocycles. The molecule has 1 fully saturated rings. The van der Waals surface area contributed by atoms with Gasteiger partial charge in [-0.15, -0.1) is 0 Å². The molecule has 3 rings (SSSR count). The van der Waals surface area contributed by atoms with Crippen molar-refractivity contribution in [1.82, 2.24) is 4.90 Å². The van der Waals surface area contributed by atoms with Crippen molar-refractivity contribution < 1.29 is 17.9 Å². The molecule has 0 unspecified atom stereocenters. The van der Waals surface area contributed by atoms with E-state index < -0.39 is 10.0 Å². The lowest BCUT2D eigenvalue weighted by Crippen LogP contribution is -2.35. The van der Waals surface area contributed by atoms with Crippen molar-refractivity contribution in [3.05, 3.63) is 47.5 Å². The fraction of sp³-hybridized carbons (Fsp3) is 0.350. The number of hydrogen-bond donors (Lipinski definition) is 2. The van der Waals surface area contributed by atoms with Crippen LogP contribution >= 0.6 is 11.6 Å². The zero-order valence-corrected chi connectivity index (χ0v) is 17.7. The predicted octanol–water partition coefficient (Wildman–Crippen LogP) is 4.56. The Morgan fingerprint density at radius 2 is 1.62 bits per heavy atom. The molecule has 1 aliphatic rings. The molecule has 2 aromatic carbocycles. The van der Waals surface area contributed by atoms with Gasteiger partial charge in [0.1, 0.15) is 5.75 Å². The molecular weight excluding hydrogens is 414 g/mol. The first-order valence-corrected chi connectivity index (χ1v) is 11.3. The van der Waals surface area contributed by atoms with Gasteiger partial charge in [-0.2, -0.15) is 0 Å². The minimum absolute atomic E-state index is 0.0295. The molecule has 0 aliphatic carbocycles. The lowest BCUT2D eigenvalue weighted by Gasteiger charge is -2.20. The van der Waals surface area contributed by atoms with Gasteiger partial charge in [0.2, 0.25) is 0 Å². The first kappa shape index (κ1) is 21.3. The standard InChI is InChI=1S/C20H24ClN3O4S/c1-28-19-11-10-17(14-18(19)21)29(26,27)23-16-8-6-15(7-9-16)22-20(25)24-12-4-2-3-5-13-24/h6-11,14,23H,2-5,12-13H2,1H3,(H,22,25). The molecule has 2 N–H and O–H groups in total. The molecule has 1 heterocycles. The van der Waals surface area contributed by atoms with Crippen molar-refractivity contribution in [2.24, 2.45) is 0 Å². The number of nitrogens with zero attached hydrogens (tertiary/aromatic N) is 1. The van der Waals surface area contributed by atoms with Gasteiger partial charge in [-0.3, -0.25) is 4.72 Å². The lowest BCUT2D eigenvalue weighted by atomic mass is 10.2. The minimum atomic E-state index is -3.80. The second-order valence-electron chi connectivity index (χ2n) is 6.81. The maximum Gasteiger partial charge on any atom is 0.321 e. The van der Waals surface area contributed by atoms with Crippen molar-refractivity contribution in [1.29, 1.82) is 0 Å². The normalized spacial score (nSPS) is 14.8. The summed E-state index contributed by atoms with van der Waals surface area (Å²) in [6.45, 7) is 1.52. The number of carbonyl (C=O) groups is 1. The number of methoxy groups -OCH3 is 1. The SMILES string of the molecule is COc1ccc(S(=O)(=O)Nc2ccc(NC(=O)N3CCCCCC3)cc2)cc1Cl. The van der Waals surface area contributed by atoms with E-state index in [0.717, 1.165) is 38.8 Å². The summed E-state index contributed by atoms with van der Waals surface area (Å²) in [6, 6.07) is 10.6. The third-order valence-corrected chi connectivity index (χ3v) is 6.39. The summed E-state index contributed by atoms with van der Waals surface area (Å²) in [4.78, 5) is 14.2. The van der Waals surface area contributed by atoms with Crippen LogP contribution in [0.3, 0.4) is 0 Å². The topological polar surface area (TPSA) is 87.7 Å². The average molecular weight is 438 g/mol. The van der Waals surface area contributed by atoms with E-state index in [0.29, 0.717) is 17.1 Å². The fourth-order valence-corrected chi connectivity index (χ4v) is 4.53. The number of likely N-dealkylation sites (tertiary alicyclic amines) is 1. The van der Waals surface area contributed by atoms with Crippen molar-refractivity contribution in [2.45, 2.75) is 30.6 Å². The molecule has 0 radical (unpaired) electrons. The summed E-state index contributed by atoms with van der Waals surface area (Å²) in [5, 5.41) is 3.07. The van der Waals surface area contributed by atoms with E-state index in [4.69, 9.17) is 16.3 Å². The van der Waals surface area contributed by atoms with Crippen LogP contribution in [0.5, 0.6) is 5.75 Å². The number of urea groups is 1. The Kier molecular flexibility index (Phi) is 6.87. The molecule has 2 amide bonds. The van der Waals surface area contributed by atoms with Gasteiger partial charge in [-0.05, 0) is 55.3 Å². The zero-order chi connectivity index (χ0) is 20.9. The Morgan fingerprint density at radius 1 is 1.00 bits per heavy atom. The molecule has 156 valence electrons. The van der Waals surface area contributed by atoms with Gasteiger partial charge in [0.05, 0.1) is 17.0 Å². The maximum atomic E-state index is 12.6. The van der Waals surface area contributed by atoms with Crippen LogP contribution in [0.25, 0.3) is 0 Å². The number of rotatable bonds is 5. The number of amides is 2. The van der Waals surface area contributed by atoms with E-state index in [1.54, 1.807) is 24.3 Å². The van der Waals surface area contributed by atoms with E-state index in [9.17, 15) is 13.2 Å². The highest BCUT2D eigenvalue weighted by molar-refractivity contribution is 7.92. The first-order valence-electron chi connectivity index (χ1n) is 9.41. The molecule has 1 saturated heterocycles. The first-order chi connectivity index (χ1) is 13.9. The Balaban J connectivity index is 1.65.